The fraction of sp³-hybridized carbons (Fsp3) is 0.333. The molecule has 0 bridgehead atoms. The van der Waals surface area contributed by atoms with Gasteiger partial charge in [0.2, 0.25) is 0 Å². The molecule has 2 atom stereocenters. The number of aliphatic imine (C=N–C) groups is 2. The normalized spacial score (nSPS) is 11.8. The zero-order valence-electron chi connectivity index (χ0n) is 52.0. The molecule has 0 fully saturated rings. The first-order valence-corrected chi connectivity index (χ1v) is 30.3. The van der Waals surface area contributed by atoms with Gasteiger partial charge in [-0.2, -0.15) is 0 Å². The number of hydrogen-bond donors (Lipinski definition) is 0. The molecule has 21 heteroatoms. The van der Waals surface area contributed by atoms with Gasteiger partial charge in [-0.3, -0.25) is 18.4 Å². The van der Waals surface area contributed by atoms with Crippen LogP contribution in [0, 0.1) is 74.2 Å². The average molecular weight is 1350 g/mol. The molecule has 0 saturated heterocycles. The van der Waals surface area contributed by atoms with Crippen molar-refractivity contribution in [2.24, 2.45) is 9.98 Å². The third-order valence-electron chi connectivity index (χ3n) is 13.3. The van der Waals surface area contributed by atoms with Crippen LogP contribution < -0.4 is 0 Å². The van der Waals surface area contributed by atoms with Gasteiger partial charge in [-0.05, 0) is 146 Å². The van der Waals surface area contributed by atoms with Crippen LogP contribution in [0.15, 0.2) is 94.9 Å². The summed E-state index contributed by atoms with van der Waals surface area (Å²) >= 11 is -3.72. The Hall–Kier alpha value is -5.65. The van der Waals surface area contributed by atoms with Gasteiger partial charge in [0.1, 0.15) is 11.6 Å². The molecule has 0 aliphatic rings. The Kier molecular flexibility index (Phi) is 31.6. The Labute approximate surface area is 537 Å². The molecule has 0 spiro atoms. The number of benzene rings is 7. The van der Waals surface area contributed by atoms with E-state index in [9.17, 15) is 17.6 Å². The van der Waals surface area contributed by atoms with Gasteiger partial charge in [0.05, 0.1) is 11.4 Å². The summed E-state index contributed by atoms with van der Waals surface area (Å²) in [4.78, 5) is 9.47. The number of ether oxygens (including phenoxy) is 1. The molecule has 7 rings (SSSR count). The standard InChI is InChI=1S/C60H56F8N4.C4H10O.2CH4O2S.2Zn/c1-29(2)41-23-37(24-42(30(3)4)57(41)69-27-45-47(61)49(63)51(65)53(67)59(45)71-55-33(9)17-15-18-34(55)10)39-21-13-14-22-40(39)38-25-43(31(5)6)58(44(26-38)32(7)8)70-28-46-48(62)50(64)52(66)54(68)60(46)72-56-35(11)19-16-20-36(56)12;1-3-5-4-2;2*1-4(2)3;;/h13-32H,1-12H3;3-4H2,1-2H3;2*1H3,(H,2,3);;/q-2;;;;2*+2/p-2. The molecule has 0 aliphatic carbocycles. The van der Waals surface area contributed by atoms with E-state index in [4.69, 9.17) is 32.2 Å². The van der Waals surface area contributed by atoms with E-state index in [1.54, 1.807) is 64.1 Å². The van der Waals surface area contributed by atoms with Crippen molar-refractivity contribution in [1.82, 2.24) is 0 Å². The molecule has 0 saturated carbocycles. The zero-order valence-corrected chi connectivity index (χ0v) is 59.6. The quantitative estimate of drug-likeness (QED) is 0.0236. The van der Waals surface area contributed by atoms with E-state index in [-0.39, 0.29) is 74.0 Å². The maximum absolute atomic E-state index is 15.8. The van der Waals surface area contributed by atoms with Crippen LogP contribution in [0.3, 0.4) is 0 Å². The Morgan fingerprint density at radius 1 is 0.448 bits per heavy atom. The molecule has 0 radical (unpaired) electrons. The summed E-state index contributed by atoms with van der Waals surface area (Å²) in [7, 11) is 0. The van der Waals surface area contributed by atoms with Crippen molar-refractivity contribution in [3.05, 3.63) is 198 Å². The van der Waals surface area contributed by atoms with Crippen LogP contribution in [0.4, 0.5) is 69.2 Å². The number of para-hydroxylation sites is 2. The van der Waals surface area contributed by atoms with Crippen molar-refractivity contribution in [2.75, 3.05) is 25.7 Å². The van der Waals surface area contributed by atoms with E-state index >= 15 is 17.6 Å². The summed E-state index contributed by atoms with van der Waals surface area (Å²) in [6.45, 7) is 28.3. The van der Waals surface area contributed by atoms with Gasteiger partial charge in [0.15, 0.2) is 34.9 Å². The minimum absolute atomic E-state index is 0. The molecule has 87 heavy (non-hydrogen) atoms. The SMILES string of the molecule is CCOCC.CS(=O)[O-].CS(=O)[O-].Cc1cccc(C)c1[N-]c1c(F)c(F)c(F)c(F)c1C=Nc1c(C(C)C)cc(-c2ccccc2-c2cc(C(C)C)c(N=Cc3c(F)c(F)c(F)c(F)c3[N-]c3c(C)cccc3C)c(C(C)C)c2)cc1C(C)C.[Zn+2].[Zn+2]. The summed E-state index contributed by atoms with van der Waals surface area (Å²) in [5.74, 6) is -15.1. The van der Waals surface area contributed by atoms with E-state index < -0.39 is 91.2 Å². The van der Waals surface area contributed by atoms with Crippen LogP contribution in [-0.2, 0) is 65.9 Å². The van der Waals surface area contributed by atoms with Crippen LogP contribution in [-0.4, -0.2) is 55.7 Å². The van der Waals surface area contributed by atoms with Gasteiger partial charge in [0.25, 0.3) is 0 Å². The second kappa shape index (κ2) is 35.5. The van der Waals surface area contributed by atoms with E-state index in [0.717, 1.165) is 82.7 Å². The molecule has 458 valence electrons. The van der Waals surface area contributed by atoms with Crippen LogP contribution >= 0.6 is 0 Å². The van der Waals surface area contributed by atoms with Crippen molar-refractivity contribution in [2.45, 2.75) is 121 Å². The summed E-state index contributed by atoms with van der Waals surface area (Å²) in [5, 5.41) is 8.68. The molecule has 7 aromatic rings. The van der Waals surface area contributed by atoms with Crippen molar-refractivity contribution in [3.8, 4) is 22.3 Å². The largest absolute Gasteiger partial charge is 2.00 e. The molecule has 0 N–H and O–H groups in total. The minimum Gasteiger partial charge on any atom is -0.773 e. The third kappa shape index (κ3) is 19.9. The summed E-state index contributed by atoms with van der Waals surface area (Å²) in [6, 6.07) is 26.2. The van der Waals surface area contributed by atoms with Crippen molar-refractivity contribution >= 4 is 68.7 Å². The maximum Gasteiger partial charge on any atom is 2.00 e. The summed E-state index contributed by atoms with van der Waals surface area (Å²) < 4.78 is 163. The monoisotopic (exact) mass is 1340 g/mol. The predicted molar refractivity (Wildman–Crippen MR) is 330 cm³/mol. The van der Waals surface area contributed by atoms with Gasteiger partial charge < -0.3 is 24.5 Å². The van der Waals surface area contributed by atoms with Crippen molar-refractivity contribution in [1.29, 1.82) is 0 Å². The van der Waals surface area contributed by atoms with Crippen LogP contribution in [0.5, 0.6) is 0 Å². The molecule has 0 aromatic heterocycles. The molecule has 7 aromatic carbocycles. The molecular formula is C66H72F8N4O5S2Zn2. The Morgan fingerprint density at radius 3 is 0.931 bits per heavy atom. The Morgan fingerprint density at radius 2 is 0.701 bits per heavy atom. The van der Waals surface area contributed by atoms with Gasteiger partial charge in [-0.1, -0.05) is 172 Å². The number of halogens is 8. The maximum atomic E-state index is 15.8. The Bertz CT molecular complexity index is 3280. The van der Waals surface area contributed by atoms with E-state index in [2.05, 4.69) is 10.6 Å². The summed E-state index contributed by atoms with van der Waals surface area (Å²) in [5.41, 5.74) is 7.60. The first kappa shape index (κ1) is 77.4. The molecular weight excluding hydrogens is 1280 g/mol. The van der Waals surface area contributed by atoms with Crippen LogP contribution in [0.2, 0.25) is 0 Å². The minimum atomic E-state index is -1.98. The summed E-state index contributed by atoms with van der Waals surface area (Å²) in [6.07, 6.45) is 4.19. The predicted octanol–water partition coefficient (Wildman–Crippen LogP) is 20.1. The average Bonchev–Trinajstić information content (AvgIpc) is 1.21. The molecule has 0 aliphatic heterocycles. The van der Waals surface area contributed by atoms with E-state index in [1.807, 2.05) is 118 Å². The van der Waals surface area contributed by atoms with E-state index in [0.29, 0.717) is 33.6 Å². The van der Waals surface area contributed by atoms with Crippen LogP contribution in [0.1, 0.15) is 149 Å². The van der Waals surface area contributed by atoms with Crippen LogP contribution in [0.25, 0.3) is 32.9 Å². The number of rotatable bonds is 16. The molecule has 0 heterocycles. The second-order valence-electron chi connectivity index (χ2n) is 21.0. The number of hydrogen-bond acceptors (Lipinski definition) is 7. The molecule has 2 unspecified atom stereocenters. The fourth-order valence-corrected chi connectivity index (χ4v) is 9.09. The molecule has 9 nitrogen and oxygen atoms in total. The third-order valence-corrected chi connectivity index (χ3v) is 13.3. The zero-order chi connectivity index (χ0) is 63.9. The van der Waals surface area contributed by atoms with Gasteiger partial charge in [0, 0.05) is 36.8 Å². The second-order valence-corrected chi connectivity index (χ2v) is 22.6. The first-order valence-electron chi connectivity index (χ1n) is 27.3. The Balaban J connectivity index is 0.00000156. The molecule has 0 amide bonds. The number of nitrogens with zero attached hydrogens (tertiary/aromatic N) is 4. The van der Waals surface area contributed by atoms with Gasteiger partial charge in [-0.15, -0.1) is 11.4 Å². The van der Waals surface area contributed by atoms with E-state index in [1.165, 1.54) is 0 Å². The van der Waals surface area contributed by atoms with Gasteiger partial charge >= 0.3 is 39.0 Å². The smallest absolute Gasteiger partial charge is 0.773 e. The number of aryl methyl sites for hydroxylation is 4. The van der Waals surface area contributed by atoms with Crippen molar-refractivity contribution < 1.29 is 96.3 Å². The topological polar surface area (TPSA) is 142 Å². The van der Waals surface area contributed by atoms with Gasteiger partial charge in [-0.25, -0.2) is 35.1 Å². The van der Waals surface area contributed by atoms with Crippen molar-refractivity contribution in [3.63, 3.8) is 0 Å². The first-order chi connectivity index (χ1) is 39.9. The fourth-order valence-electron chi connectivity index (χ4n) is 9.09.